The third kappa shape index (κ3) is 3.73. The minimum atomic E-state index is 0.197. The fourth-order valence-corrected chi connectivity index (χ4v) is 5.77. The van der Waals surface area contributed by atoms with Crippen molar-refractivity contribution in [2.45, 2.75) is 31.3 Å². The van der Waals surface area contributed by atoms with Crippen LogP contribution in [0.2, 0.25) is 5.02 Å². The lowest BCUT2D eigenvalue weighted by Gasteiger charge is -2.50. The van der Waals surface area contributed by atoms with Crippen molar-refractivity contribution >= 4 is 28.2 Å². The second-order valence-electron chi connectivity index (χ2n) is 10.0. The topological polar surface area (TPSA) is 60.6 Å². The van der Waals surface area contributed by atoms with Crippen molar-refractivity contribution in [2.24, 2.45) is 5.92 Å². The van der Waals surface area contributed by atoms with Crippen molar-refractivity contribution in [1.29, 1.82) is 0 Å². The number of hydrogen-bond donors (Lipinski definition) is 0. The molecule has 33 heavy (non-hydrogen) atoms. The van der Waals surface area contributed by atoms with Crippen LogP contribution in [-0.4, -0.2) is 83.1 Å². The molecule has 1 aliphatic carbocycles. The van der Waals surface area contributed by atoms with E-state index in [9.17, 15) is 0 Å². The van der Waals surface area contributed by atoms with E-state index in [1.807, 2.05) is 23.1 Å². The van der Waals surface area contributed by atoms with E-state index in [1.165, 1.54) is 0 Å². The zero-order chi connectivity index (χ0) is 22.6. The molecule has 3 fully saturated rings. The zero-order valence-corrected chi connectivity index (χ0v) is 20.0. The first kappa shape index (κ1) is 21.4. The smallest absolute Gasteiger partial charge is 0.103 e. The Morgan fingerprint density at radius 3 is 2.61 bits per heavy atom. The summed E-state index contributed by atoms with van der Waals surface area (Å²) in [5.74, 6) is 0.641. The third-order valence-electron chi connectivity index (χ3n) is 7.67. The molecule has 0 N–H and O–H groups in total. The number of hydrogen-bond acceptors (Lipinski definition) is 6. The molecule has 6 rings (SSSR count). The number of aromatic nitrogens is 4. The molecule has 176 valence electrons. The summed E-state index contributed by atoms with van der Waals surface area (Å²) < 4.78 is 14.8. The summed E-state index contributed by atoms with van der Waals surface area (Å²) in [7, 11) is 1.77. The van der Waals surface area contributed by atoms with Crippen LogP contribution in [0.4, 0.5) is 5.69 Å². The first-order chi connectivity index (χ1) is 16.0. The molecule has 0 bridgehead atoms. The molecule has 0 amide bonds. The minimum absolute atomic E-state index is 0.197. The molecule has 2 aromatic heterocycles. The van der Waals surface area contributed by atoms with Gasteiger partial charge in [0, 0.05) is 45.3 Å². The number of halogens is 1. The van der Waals surface area contributed by atoms with Gasteiger partial charge in [0.1, 0.15) is 5.69 Å². The molecular weight excluding hydrogens is 440 g/mol. The first-order valence-electron chi connectivity index (χ1n) is 11.8. The lowest BCUT2D eigenvalue weighted by Crippen LogP contribution is -2.64. The van der Waals surface area contributed by atoms with Crippen molar-refractivity contribution in [1.82, 2.24) is 24.5 Å². The maximum atomic E-state index is 6.73. The van der Waals surface area contributed by atoms with E-state index in [4.69, 9.17) is 21.1 Å². The highest BCUT2D eigenvalue weighted by Gasteiger charge is 2.40. The molecule has 3 aromatic rings. The summed E-state index contributed by atoms with van der Waals surface area (Å²) in [4.78, 5) is 4.95. The number of piperazine rings is 1. The van der Waals surface area contributed by atoms with Crippen LogP contribution in [0.5, 0.6) is 0 Å². The SMILES string of the molecule is COC[C@H]1C[C@H](n2cc(-n3ncc4cc(Cl)c(N5CCN(C6(C)COC6)CC5)cc43)cn2)C1. The van der Waals surface area contributed by atoms with Gasteiger partial charge in [0.05, 0.1) is 59.6 Å². The van der Waals surface area contributed by atoms with E-state index >= 15 is 0 Å². The van der Waals surface area contributed by atoms with Gasteiger partial charge in [-0.15, -0.1) is 0 Å². The van der Waals surface area contributed by atoms with Gasteiger partial charge in [0.15, 0.2) is 0 Å². The van der Waals surface area contributed by atoms with Crippen LogP contribution in [0.1, 0.15) is 25.8 Å². The Hall–Kier alpha value is -2.13. The number of benzene rings is 1. The summed E-state index contributed by atoms with van der Waals surface area (Å²) in [6, 6.07) is 4.67. The third-order valence-corrected chi connectivity index (χ3v) is 7.97. The van der Waals surface area contributed by atoms with Gasteiger partial charge in [-0.1, -0.05) is 11.6 Å². The molecule has 4 heterocycles. The van der Waals surface area contributed by atoms with Gasteiger partial charge in [-0.05, 0) is 37.8 Å². The van der Waals surface area contributed by atoms with Crippen molar-refractivity contribution in [3.63, 3.8) is 0 Å². The van der Waals surface area contributed by atoms with Crippen LogP contribution in [0.25, 0.3) is 16.6 Å². The molecule has 0 unspecified atom stereocenters. The van der Waals surface area contributed by atoms with E-state index in [0.717, 1.165) is 86.1 Å². The normalized spacial score (nSPS) is 25.2. The lowest BCUT2D eigenvalue weighted by molar-refractivity contribution is -0.131. The van der Waals surface area contributed by atoms with Crippen molar-refractivity contribution in [3.05, 3.63) is 35.7 Å². The van der Waals surface area contributed by atoms with Crippen LogP contribution in [-0.2, 0) is 9.47 Å². The van der Waals surface area contributed by atoms with Gasteiger partial charge >= 0.3 is 0 Å². The predicted octanol–water partition coefficient (Wildman–Crippen LogP) is 3.38. The fraction of sp³-hybridized carbons (Fsp3) is 0.583. The van der Waals surface area contributed by atoms with Crippen LogP contribution in [0.15, 0.2) is 30.7 Å². The second-order valence-corrected chi connectivity index (χ2v) is 10.4. The first-order valence-corrected chi connectivity index (χ1v) is 12.2. The Labute approximate surface area is 199 Å². The van der Waals surface area contributed by atoms with Gasteiger partial charge in [-0.25, -0.2) is 4.68 Å². The number of rotatable bonds is 6. The second kappa shape index (κ2) is 8.27. The number of nitrogens with zero attached hydrogens (tertiary/aromatic N) is 6. The molecule has 1 saturated carbocycles. The van der Waals surface area contributed by atoms with Crippen LogP contribution < -0.4 is 4.90 Å². The van der Waals surface area contributed by atoms with E-state index in [0.29, 0.717) is 12.0 Å². The highest BCUT2D eigenvalue weighted by Crippen LogP contribution is 2.38. The Morgan fingerprint density at radius 2 is 1.91 bits per heavy atom. The number of ether oxygens (including phenoxy) is 2. The van der Waals surface area contributed by atoms with Gasteiger partial charge in [0.25, 0.3) is 0 Å². The molecular formula is C24H31ClN6O2. The quantitative estimate of drug-likeness (QED) is 0.550. The average molecular weight is 471 g/mol. The van der Waals surface area contributed by atoms with E-state index < -0.39 is 0 Å². The molecule has 3 aliphatic rings. The van der Waals surface area contributed by atoms with Gasteiger partial charge in [0.2, 0.25) is 0 Å². The van der Waals surface area contributed by atoms with Gasteiger partial charge in [-0.2, -0.15) is 10.2 Å². The largest absolute Gasteiger partial charge is 0.384 e. The maximum absolute atomic E-state index is 6.73. The lowest BCUT2D eigenvalue weighted by atomic mass is 9.81. The molecule has 1 aromatic carbocycles. The molecule has 8 nitrogen and oxygen atoms in total. The molecule has 2 saturated heterocycles. The molecule has 2 aliphatic heterocycles. The number of methoxy groups -OCH3 is 1. The van der Waals surface area contributed by atoms with Crippen LogP contribution in [0, 0.1) is 5.92 Å². The van der Waals surface area contributed by atoms with E-state index in [2.05, 4.69) is 43.9 Å². The molecule has 9 heteroatoms. The number of fused-ring (bicyclic) bond motifs is 1. The molecule has 0 atom stereocenters. The van der Waals surface area contributed by atoms with Gasteiger partial charge < -0.3 is 14.4 Å². The highest BCUT2D eigenvalue weighted by atomic mass is 35.5. The Bertz CT molecular complexity index is 1140. The predicted molar refractivity (Wildman–Crippen MR) is 129 cm³/mol. The maximum Gasteiger partial charge on any atom is 0.103 e. The van der Waals surface area contributed by atoms with Crippen molar-refractivity contribution in [3.8, 4) is 5.69 Å². The minimum Gasteiger partial charge on any atom is -0.384 e. The monoisotopic (exact) mass is 470 g/mol. The van der Waals surface area contributed by atoms with Crippen molar-refractivity contribution < 1.29 is 9.47 Å². The Balaban J connectivity index is 1.22. The van der Waals surface area contributed by atoms with Crippen LogP contribution in [0.3, 0.4) is 0 Å². The highest BCUT2D eigenvalue weighted by molar-refractivity contribution is 6.34. The standard InChI is InChI=1S/C24H31ClN6O2/c1-24(15-33-16-24)29-5-3-28(4-6-29)23-10-22-18(9-21(23)25)11-27-31(22)20-12-26-30(13-20)19-7-17(8-19)14-32-2/h9-13,17,19H,3-8,14-16H2,1-2H3/t17-,19-. The van der Waals surface area contributed by atoms with Crippen molar-refractivity contribution in [2.75, 3.05) is 58.0 Å². The fourth-order valence-electron chi connectivity index (χ4n) is 5.48. The van der Waals surface area contributed by atoms with Gasteiger partial charge in [-0.3, -0.25) is 9.58 Å². The summed E-state index contributed by atoms with van der Waals surface area (Å²) in [5.41, 5.74) is 3.31. The summed E-state index contributed by atoms with van der Waals surface area (Å²) in [5, 5.41) is 11.1. The Morgan fingerprint density at radius 1 is 1.12 bits per heavy atom. The average Bonchev–Trinajstić information content (AvgIpc) is 3.40. The molecule has 0 spiro atoms. The Kier molecular flexibility index (Phi) is 5.36. The van der Waals surface area contributed by atoms with Crippen LogP contribution >= 0.6 is 11.6 Å². The van der Waals surface area contributed by atoms with E-state index in [1.54, 1.807) is 7.11 Å². The summed E-state index contributed by atoms with van der Waals surface area (Å²) in [6.45, 7) is 8.75. The summed E-state index contributed by atoms with van der Waals surface area (Å²) in [6.07, 6.45) is 8.13. The zero-order valence-electron chi connectivity index (χ0n) is 19.3. The number of anilines is 1. The van der Waals surface area contributed by atoms with E-state index in [-0.39, 0.29) is 5.54 Å². The summed E-state index contributed by atoms with van der Waals surface area (Å²) >= 11 is 6.73. The molecule has 0 radical (unpaired) electrons.